The van der Waals surface area contributed by atoms with Crippen LogP contribution in [0.3, 0.4) is 0 Å². The molecule has 0 unspecified atom stereocenters. The van der Waals surface area contributed by atoms with Crippen molar-refractivity contribution in [2.24, 2.45) is 5.92 Å². The fraction of sp³-hybridized carbons (Fsp3) is 0.538. The van der Waals surface area contributed by atoms with Gasteiger partial charge in [0.25, 0.3) is 0 Å². The molecule has 1 fully saturated rings. The van der Waals surface area contributed by atoms with Gasteiger partial charge in [0.1, 0.15) is 0 Å². The van der Waals surface area contributed by atoms with Crippen molar-refractivity contribution in [2.45, 2.75) is 26.4 Å². The predicted octanol–water partition coefficient (Wildman–Crippen LogP) is 3.07. The molecule has 0 saturated heterocycles. The quantitative estimate of drug-likeness (QED) is 0.854. The van der Waals surface area contributed by atoms with Crippen LogP contribution in [-0.4, -0.2) is 18.2 Å². The topological polar surface area (TPSA) is 23.5 Å². The third kappa shape index (κ3) is 2.69. The van der Waals surface area contributed by atoms with Crippen LogP contribution in [0, 0.1) is 5.92 Å². The van der Waals surface area contributed by atoms with Crippen LogP contribution in [0.1, 0.15) is 25.3 Å². The smallest absolute Gasteiger partial charge is 0.0696 e. The molecule has 0 aromatic heterocycles. The molecule has 1 aromatic rings. The standard InChI is InChI=1S/C13H18ClNO/c1-2-15(8-10-3-4-10)12-6-5-11(9-16)13(14)7-12/h5-7,10,16H,2-4,8-9H2,1H3. The second-order valence-electron chi connectivity index (χ2n) is 4.42. The van der Waals surface area contributed by atoms with E-state index >= 15 is 0 Å². The number of hydrogen-bond acceptors (Lipinski definition) is 2. The van der Waals surface area contributed by atoms with Gasteiger partial charge in [0, 0.05) is 23.8 Å². The van der Waals surface area contributed by atoms with Crippen molar-refractivity contribution >= 4 is 17.3 Å². The minimum Gasteiger partial charge on any atom is -0.392 e. The Morgan fingerprint density at radius 2 is 2.19 bits per heavy atom. The van der Waals surface area contributed by atoms with E-state index in [1.807, 2.05) is 18.2 Å². The molecule has 2 rings (SSSR count). The first-order chi connectivity index (χ1) is 7.74. The van der Waals surface area contributed by atoms with Gasteiger partial charge in [0.15, 0.2) is 0 Å². The van der Waals surface area contributed by atoms with Crippen LogP contribution in [0.5, 0.6) is 0 Å². The summed E-state index contributed by atoms with van der Waals surface area (Å²) < 4.78 is 0. The Kier molecular flexibility index (Phi) is 3.72. The zero-order valence-corrected chi connectivity index (χ0v) is 10.4. The minimum absolute atomic E-state index is 0.00780. The molecule has 1 aliphatic rings. The normalized spacial score (nSPS) is 15.2. The highest BCUT2D eigenvalue weighted by Gasteiger charge is 2.24. The predicted molar refractivity (Wildman–Crippen MR) is 68.0 cm³/mol. The summed E-state index contributed by atoms with van der Waals surface area (Å²) in [7, 11) is 0. The van der Waals surface area contributed by atoms with Crippen molar-refractivity contribution in [3.8, 4) is 0 Å². The van der Waals surface area contributed by atoms with E-state index in [-0.39, 0.29) is 6.61 Å². The molecule has 0 radical (unpaired) electrons. The molecule has 88 valence electrons. The number of aliphatic hydroxyl groups is 1. The number of anilines is 1. The highest BCUT2D eigenvalue weighted by atomic mass is 35.5. The number of hydrogen-bond donors (Lipinski definition) is 1. The summed E-state index contributed by atoms with van der Waals surface area (Å²) in [5.41, 5.74) is 1.96. The molecule has 0 aliphatic heterocycles. The van der Waals surface area contributed by atoms with Crippen LogP contribution < -0.4 is 4.90 Å². The second-order valence-corrected chi connectivity index (χ2v) is 4.82. The summed E-state index contributed by atoms with van der Waals surface area (Å²) in [5, 5.41) is 9.72. The Morgan fingerprint density at radius 1 is 1.44 bits per heavy atom. The maximum atomic E-state index is 9.06. The van der Waals surface area contributed by atoms with Gasteiger partial charge in [-0.15, -0.1) is 0 Å². The Morgan fingerprint density at radius 3 is 2.69 bits per heavy atom. The van der Waals surface area contributed by atoms with Gasteiger partial charge in [-0.2, -0.15) is 0 Å². The minimum atomic E-state index is 0.00780. The summed E-state index contributed by atoms with van der Waals surface area (Å²) in [5.74, 6) is 0.872. The van der Waals surface area contributed by atoms with Crippen molar-refractivity contribution < 1.29 is 5.11 Å². The molecule has 0 amide bonds. The first-order valence-electron chi connectivity index (χ1n) is 5.88. The van der Waals surface area contributed by atoms with Gasteiger partial charge in [0.2, 0.25) is 0 Å². The SMILES string of the molecule is CCN(CC1CC1)c1ccc(CO)c(Cl)c1. The summed E-state index contributed by atoms with van der Waals surface area (Å²) in [6, 6.07) is 5.91. The van der Waals surface area contributed by atoms with Crippen molar-refractivity contribution in [1.29, 1.82) is 0 Å². The lowest BCUT2D eigenvalue weighted by molar-refractivity contribution is 0.282. The molecule has 0 atom stereocenters. The maximum Gasteiger partial charge on any atom is 0.0696 e. The molecular weight excluding hydrogens is 222 g/mol. The average Bonchev–Trinajstić information content (AvgIpc) is 3.09. The van der Waals surface area contributed by atoms with E-state index in [9.17, 15) is 0 Å². The lowest BCUT2D eigenvalue weighted by Gasteiger charge is -2.23. The van der Waals surface area contributed by atoms with Gasteiger partial charge in [-0.3, -0.25) is 0 Å². The van der Waals surface area contributed by atoms with Crippen LogP contribution >= 0.6 is 11.6 Å². The number of aliphatic hydroxyl groups excluding tert-OH is 1. The van der Waals surface area contributed by atoms with Gasteiger partial charge < -0.3 is 10.0 Å². The highest BCUT2D eigenvalue weighted by Crippen LogP contribution is 2.32. The Labute approximate surface area is 102 Å². The van der Waals surface area contributed by atoms with Crippen molar-refractivity contribution in [1.82, 2.24) is 0 Å². The average molecular weight is 240 g/mol. The fourth-order valence-corrected chi connectivity index (χ4v) is 2.12. The van der Waals surface area contributed by atoms with E-state index in [0.29, 0.717) is 5.02 Å². The second kappa shape index (κ2) is 5.07. The van der Waals surface area contributed by atoms with Crippen LogP contribution in [0.15, 0.2) is 18.2 Å². The molecule has 0 spiro atoms. The fourth-order valence-electron chi connectivity index (χ4n) is 1.89. The highest BCUT2D eigenvalue weighted by molar-refractivity contribution is 6.31. The maximum absolute atomic E-state index is 9.06. The van der Waals surface area contributed by atoms with Crippen molar-refractivity contribution in [2.75, 3.05) is 18.0 Å². The zero-order chi connectivity index (χ0) is 11.5. The van der Waals surface area contributed by atoms with Gasteiger partial charge in [-0.1, -0.05) is 17.7 Å². The first-order valence-corrected chi connectivity index (χ1v) is 6.26. The van der Waals surface area contributed by atoms with Gasteiger partial charge >= 0.3 is 0 Å². The van der Waals surface area contributed by atoms with Crippen LogP contribution in [-0.2, 0) is 6.61 Å². The van der Waals surface area contributed by atoms with E-state index in [4.69, 9.17) is 16.7 Å². The van der Waals surface area contributed by atoms with E-state index in [1.54, 1.807) is 0 Å². The summed E-state index contributed by atoms with van der Waals surface area (Å²) in [4.78, 5) is 2.35. The number of benzene rings is 1. The van der Waals surface area contributed by atoms with Gasteiger partial charge in [-0.25, -0.2) is 0 Å². The third-order valence-corrected chi connectivity index (χ3v) is 3.48. The third-order valence-electron chi connectivity index (χ3n) is 3.13. The zero-order valence-electron chi connectivity index (χ0n) is 9.62. The Bertz CT molecular complexity index is 363. The van der Waals surface area contributed by atoms with E-state index in [1.165, 1.54) is 12.8 Å². The molecule has 1 saturated carbocycles. The Balaban J connectivity index is 2.13. The number of rotatable bonds is 5. The van der Waals surface area contributed by atoms with Crippen LogP contribution in [0.2, 0.25) is 5.02 Å². The monoisotopic (exact) mass is 239 g/mol. The summed E-state index contributed by atoms with van der Waals surface area (Å²) in [6.07, 6.45) is 2.72. The van der Waals surface area contributed by atoms with E-state index in [2.05, 4.69) is 11.8 Å². The molecule has 0 heterocycles. The lowest BCUT2D eigenvalue weighted by Crippen LogP contribution is -2.25. The van der Waals surface area contributed by atoms with Crippen LogP contribution in [0.4, 0.5) is 5.69 Å². The summed E-state index contributed by atoms with van der Waals surface area (Å²) >= 11 is 6.10. The molecule has 2 nitrogen and oxygen atoms in total. The van der Waals surface area contributed by atoms with Gasteiger partial charge in [-0.05, 0) is 43.4 Å². The van der Waals surface area contributed by atoms with Crippen LogP contribution in [0.25, 0.3) is 0 Å². The van der Waals surface area contributed by atoms with Crippen molar-refractivity contribution in [3.05, 3.63) is 28.8 Å². The molecule has 0 bridgehead atoms. The van der Waals surface area contributed by atoms with E-state index in [0.717, 1.165) is 30.3 Å². The number of nitrogens with zero attached hydrogens (tertiary/aromatic N) is 1. The molecule has 1 N–H and O–H groups in total. The largest absolute Gasteiger partial charge is 0.392 e. The Hall–Kier alpha value is -0.730. The van der Waals surface area contributed by atoms with E-state index < -0.39 is 0 Å². The first kappa shape index (κ1) is 11.7. The molecule has 1 aliphatic carbocycles. The summed E-state index contributed by atoms with van der Waals surface area (Å²) in [6.45, 7) is 4.31. The molecule has 1 aromatic carbocycles. The molecular formula is C13H18ClNO. The van der Waals surface area contributed by atoms with Gasteiger partial charge in [0.05, 0.1) is 6.61 Å². The molecule has 16 heavy (non-hydrogen) atoms. The number of halogens is 1. The lowest BCUT2D eigenvalue weighted by atomic mass is 10.2. The van der Waals surface area contributed by atoms with Crippen molar-refractivity contribution in [3.63, 3.8) is 0 Å². The molecule has 3 heteroatoms.